The lowest BCUT2D eigenvalue weighted by atomic mass is 10.4. The Hall–Kier alpha value is -0.540. The molecule has 0 unspecified atom stereocenters. The highest BCUT2D eigenvalue weighted by Crippen LogP contribution is 2.08. The predicted octanol–water partition coefficient (Wildman–Crippen LogP) is 1.34. The molecule has 0 amide bonds. The van der Waals surface area contributed by atoms with Gasteiger partial charge in [-0.1, -0.05) is 0 Å². The molecule has 0 aliphatic carbocycles. The Kier molecular flexibility index (Phi) is 4.80. The maximum Gasteiger partial charge on any atom is 0.118 e. The van der Waals surface area contributed by atoms with Crippen molar-refractivity contribution < 1.29 is 14.2 Å². The number of methoxy groups -OCH3 is 1. The van der Waals surface area contributed by atoms with Gasteiger partial charge in [-0.3, -0.25) is 0 Å². The molecule has 0 atom stereocenters. The molecule has 0 aromatic heterocycles. The van der Waals surface area contributed by atoms with Crippen molar-refractivity contribution in [2.45, 2.75) is 12.8 Å². The Bertz CT molecular complexity index is 143. The van der Waals surface area contributed by atoms with Gasteiger partial charge in [0.25, 0.3) is 0 Å². The second-order valence-corrected chi connectivity index (χ2v) is 2.71. The minimum atomic E-state index is 0.615. The Balaban J connectivity index is 1.88. The third kappa shape index (κ3) is 3.74. The van der Waals surface area contributed by atoms with E-state index in [1.807, 2.05) is 0 Å². The van der Waals surface area contributed by atoms with E-state index in [4.69, 9.17) is 14.2 Å². The summed E-state index contributed by atoms with van der Waals surface area (Å²) in [5, 5.41) is 0. The van der Waals surface area contributed by atoms with Crippen molar-refractivity contribution in [1.82, 2.24) is 0 Å². The van der Waals surface area contributed by atoms with Crippen molar-refractivity contribution in [2.24, 2.45) is 0 Å². The van der Waals surface area contributed by atoms with Gasteiger partial charge in [0, 0.05) is 26.7 Å². The van der Waals surface area contributed by atoms with Crippen molar-refractivity contribution in [2.75, 3.05) is 33.5 Å². The largest absolute Gasteiger partial charge is 0.495 e. The van der Waals surface area contributed by atoms with Gasteiger partial charge in [0.1, 0.15) is 12.4 Å². The molecule has 0 saturated carbocycles. The summed E-state index contributed by atoms with van der Waals surface area (Å²) in [5.74, 6) is 0.979. The SMILES string of the molecule is COCCCOCC1=CCCO1. The second-order valence-electron chi connectivity index (χ2n) is 2.71. The van der Waals surface area contributed by atoms with Gasteiger partial charge in [0.2, 0.25) is 0 Å². The van der Waals surface area contributed by atoms with Crippen LogP contribution in [0.15, 0.2) is 11.8 Å². The minimum Gasteiger partial charge on any atom is -0.495 e. The first-order valence-corrected chi connectivity index (χ1v) is 4.32. The summed E-state index contributed by atoms with van der Waals surface area (Å²) in [6, 6.07) is 0. The summed E-state index contributed by atoms with van der Waals surface area (Å²) >= 11 is 0. The van der Waals surface area contributed by atoms with E-state index >= 15 is 0 Å². The maximum absolute atomic E-state index is 5.35. The van der Waals surface area contributed by atoms with Crippen molar-refractivity contribution in [3.63, 3.8) is 0 Å². The monoisotopic (exact) mass is 172 g/mol. The fourth-order valence-corrected chi connectivity index (χ4v) is 1.05. The number of hydrogen-bond acceptors (Lipinski definition) is 3. The zero-order chi connectivity index (χ0) is 8.65. The van der Waals surface area contributed by atoms with E-state index in [0.717, 1.165) is 38.4 Å². The molecule has 1 heterocycles. The normalized spacial score (nSPS) is 15.9. The van der Waals surface area contributed by atoms with Crippen LogP contribution in [0, 0.1) is 0 Å². The fraction of sp³-hybridized carbons (Fsp3) is 0.778. The molecule has 0 aromatic carbocycles. The molecule has 70 valence electrons. The lowest BCUT2D eigenvalue weighted by molar-refractivity contribution is 0.0885. The van der Waals surface area contributed by atoms with E-state index in [2.05, 4.69) is 6.08 Å². The molecule has 0 spiro atoms. The first-order chi connectivity index (χ1) is 5.93. The number of rotatable bonds is 6. The fourth-order valence-electron chi connectivity index (χ4n) is 1.05. The van der Waals surface area contributed by atoms with Gasteiger partial charge in [-0.05, 0) is 12.5 Å². The average Bonchev–Trinajstić information content (AvgIpc) is 2.57. The molecule has 0 fully saturated rings. The summed E-state index contributed by atoms with van der Waals surface area (Å²) < 4.78 is 15.5. The van der Waals surface area contributed by atoms with Gasteiger partial charge in [0.15, 0.2) is 0 Å². The first-order valence-electron chi connectivity index (χ1n) is 4.32. The Morgan fingerprint density at radius 2 is 2.42 bits per heavy atom. The van der Waals surface area contributed by atoms with Gasteiger partial charge < -0.3 is 14.2 Å². The Morgan fingerprint density at radius 3 is 3.08 bits per heavy atom. The topological polar surface area (TPSA) is 27.7 Å². The van der Waals surface area contributed by atoms with E-state index in [9.17, 15) is 0 Å². The molecule has 1 aliphatic heterocycles. The van der Waals surface area contributed by atoms with Crippen molar-refractivity contribution in [1.29, 1.82) is 0 Å². The molecule has 3 nitrogen and oxygen atoms in total. The van der Waals surface area contributed by atoms with E-state index in [1.54, 1.807) is 7.11 Å². The third-order valence-electron chi connectivity index (χ3n) is 1.66. The van der Waals surface area contributed by atoms with Crippen LogP contribution in [-0.4, -0.2) is 33.5 Å². The number of hydrogen-bond donors (Lipinski definition) is 0. The minimum absolute atomic E-state index is 0.615. The number of ether oxygens (including phenoxy) is 3. The highest BCUT2D eigenvalue weighted by Gasteiger charge is 2.03. The molecule has 0 bridgehead atoms. The Morgan fingerprint density at radius 1 is 1.50 bits per heavy atom. The lowest BCUT2D eigenvalue weighted by Crippen LogP contribution is -2.02. The molecule has 1 aliphatic rings. The zero-order valence-corrected chi connectivity index (χ0v) is 7.54. The molecular formula is C9H16O3. The van der Waals surface area contributed by atoms with E-state index < -0.39 is 0 Å². The van der Waals surface area contributed by atoms with E-state index in [0.29, 0.717) is 6.61 Å². The maximum atomic E-state index is 5.35. The third-order valence-corrected chi connectivity index (χ3v) is 1.66. The predicted molar refractivity (Wildman–Crippen MR) is 46.0 cm³/mol. The molecule has 0 aromatic rings. The summed E-state index contributed by atoms with van der Waals surface area (Å²) in [7, 11) is 1.70. The summed E-state index contributed by atoms with van der Waals surface area (Å²) in [4.78, 5) is 0. The van der Waals surface area contributed by atoms with Crippen LogP contribution in [0.25, 0.3) is 0 Å². The summed E-state index contributed by atoms with van der Waals surface area (Å²) in [6.45, 7) is 2.94. The van der Waals surface area contributed by atoms with Crippen LogP contribution in [0.2, 0.25) is 0 Å². The lowest BCUT2D eigenvalue weighted by Gasteiger charge is -2.04. The molecule has 0 N–H and O–H groups in total. The van der Waals surface area contributed by atoms with Gasteiger partial charge in [0.05, 0.1) is 6.61 Å². The van der Waals surface area contributed by atoms with Crippen LogP contribution in [-0.2, 0) is 14.2 Å². The van der Waals surface area contributed by atoms with E-state index in [-0.39, 0.29) is 0 Å². The second kappa shape index (κ2) is 6.03. The first kappa shape index (κ1) is 9.55. The molecule has 0 radical (unpaired) electrons. The van der Waals surface area contributed by atoms with E-state index in [1.165, 1.54) is 0 Å². The molecule has 0 saturated heterocycles. The zero-order valence-electron chi connectivity index (χ0n) is 7.54. The van der Waals surface area contributed by atoms with Crippen LogP contribution < -0.4 is 0 Å². The molecular weight excluding hydrogens is 156 g/mol. The van der Waals surface area contributed by atoms with Crippen LogP contribution in [0.4, 0.5) is 0 Å². The highest BCUT2D eigenvalue weighted by atomic mass is 16.5. The van der Waals surface area contributed by atoms with Crippen LogP contribution >= 0.6 is 0 Å². The smallest absolute Gasteiger partial charge is 0.118 e. The van der Waals surface area contributed by atoms with Crippen molar-refractivity contribution >= 4 is 0 Å². The van der Waals surface area contributed by atoms with Gasteiger partial charge in [-0.2, -0.15) is 0 Å². The van der Waals surface area contributed by atoms with Gasteiger partial charge in [-0.25, -0.2) is 0 Å². The van der Waals surface area contributed by atoms with Gasteiger partial charge >= 0.3 is 0 Å². The van der Waals surface area contributed by atoms with Crippen molar-refractivity contribution in [3.05, 3.63) is 11.8 Å². The summed E-state index contributed by atoms with van der Waals surface area (Å²) in [6.07, 6.45) is 4.05. The van der Waals surface area contributed by atoms with Crippen LogP contribution in [0.1, 0.15) is 12.8 Å². The molecule has 12 heavy (non-hydrogen) atoms. The van der Waals surface area contributed by atoms with Crippen LogP contribution in [0.5, 0.6) is 0 Å². The average molecular weight is 172 g/mol. The highest BCUT2D eigenvalue weighted by molar-refractivity contribution is 4.97. The van der Waals surface area contributed by atoms with Crippen LogP contribution in [0.3, 0.4) is 0 Å². The Labute approximate surface area is 73.3 Å². The molecule has 3 heteroatoms. The quantitative estimate of drug-likeness (QED) is 0.566. The summed E-state index contributed by atoms with van der Waals surface area (Å²) in [5.41, 5.74) is 0. The van der Waals surface area contributed by atoms with Gasteiger partial charge in [-0.15, -0.1) is 0 Å². The molecule has 1 rings (SSSR count). The van der Waals surface area contributed by atoms with Crippen molar-refractivity contribution in [3.8, 4) is 0 Å². The standard InChI is InChI=1S/C9H16O3/c1-10-5-3-6-11-8-9-4-2-7-12-9/h4H,2-3,5-8H2,1H3.